The van der Waals surface area contributed by atoms with Crippen molar-refractivity contribution < 1.29 is 4.79 Å². The molecule has 0 spiro atoms. The molecule has 28 heavy (non-hydrogen) atoms. The second kappa shape index (κ2) is 8.15. The van der Waals surface area contributed by atoms with Crippen LogP contribution in [0.2, 0.25) is 5.02 Å². The van der Waals surface area contributed by atoms with E-state index >= 15 is 0 Å². The summed E-state index contributed by atoms with van der Waals surface area (Å²) in [5.74, 6) is -0.146. The van der Waals surface area contributed by atoms with Crippen molar-refractivity contribution in [3.63, 3.8) is 0 Å². The lowest BCUT2D eigenvalue weighted by molar-refractivity contribution is -0.117. The largest absolute Gasteiger partial charge is 0.345 e. The standard InChI is InChI=1S/C20H18ClN5OS/c21-15-6-5-14(12-22)17(11-15)23-19(27)13-25-7-9-26(10-8-25)20-24-16-3-1-2-4-18(16)28-20/h1-6,11H,7-10,13H2,(H,23,27). The highest BCUT2D eigenvalue weighted by Gasteiger charge is 2.21. The Morgan fingerprint density at radius 3 is 2.75 bits per heavy atom. The summed E-state index contributed by atoms with van der Waals surface area (Å²) in [6.45, 7) is 3.50. The molecule has 4 rings (SSSR count). The molecule has 2 heterocycles. The number of nitrogens with one attached hydrogen (secondary N) is 1. The molecule has 8 heteroatoms. The lowest BCUT2D eigenvalue weighted by Crippen LogP contribution is -2.48. The molecule has 3 aromatic rings. The Bertz CT molecular complexity index is 1020. The van der Waals surface area contributed by atoms with Gasteiger partial charge >= 0.3 is 0 Å². The minimum atomic E-state index is -0.146. The number of thiazole rings is 1. The smallest absolute Gasteiger partial charge is 0.238 e. The van der Waals surface area contributed by atoms with Gasteiger partial charge in [-0.15, -0.1) is 0 Å². The number of piperazine rings is 1. The van der Waals surface area contributed by atoms with Crippen molar-refractivity contribution in [2.75, 3.05) is 42.9 Å². The maximum Gasteiger partial charge on any atom is 0.238 e. The van der Waals surface area contributed by atoms with Crippen LogP contribution < -0.4 is 10.2 Å². The van der Waals surface area contributed by atoms with Crippen molar-refractivity contribution in [3.8, 4) is 6.07 Å². The van der Waals surface area contributed by atoms with Crippen LogP contribution in [0.3, 0.4) is 0 Å². The zero-order chi connectivity index (χ0) is 19.5. The average molecular weight is 412 g/mol. The second-order valence-corrected chi connectivity index (χ2v) is 8.02. The first kappa shape index (κ1) is 18.7. The van der Waals surface area contributed by atoms with Gasteiger partial charge in [-0.25, -0.2) is 4.98 Å². The van der Waals surface area contributed by atoms with E-state index in [1.54, 1.807) is 29.5 Å². The highest BCUT2D eigenvalue weighted by atomic mass is 35.5. The molecule has 1 saturated heterocycles. The van der Waals surface area contributed by atoms with Crippen LogP contribution in [-0.4, -0.2) is 48.5 Å². The zero-order valence-corrected chi connectivity index (χ0v) is 16.6. The number of halogens is 1. The highest BCUT2D eigenvalue weighted by Crippen LogP contribution is 2.29. The van der Waals surface area contributed by atoms with Gasteiger partial charge in [-0.2, -0.15) is 5.26 Å². The SMILES string of the molecule is N#Cc1ccc(Cl)cc1NC(=O)CN1CCN(c2nc3ccccc3s2)CC1. The lowest BCUT2D eigenvalue weighted by Gasteiger charge is -2.34. The van der Waals surface area contributed by atoms with Crippen molar-refractivity contribution in [2.45, 2.75) is 0 Å². The number of carbonyl (C=O) groups excluding carboxylic acids is 1. The second-order valence-electron chi connectivity index (χ2n) is 6.58. The van der Waals surface area contributed by atoms with Crippen LogP contribution in [0.25, 0.3) is 10.2 Å². The Balaban J connectivity index is 1.33. The monoisotopic (exact) mass is 411 g/mol. The number of nitrogens with zero attached hydrogens (tertiary/aromatic N) is 4. The van der Waals surface area contributed by atoms with E-state index in [0.717, 1.165) is 36.8 Å². The molecule has 6 nitrogen and oxygen atoms in total. The number of carbonyl (C=O) groups is 1. The van der Waals surface area contributed by atoms with Gasteiger partial charge in [-0.05, 0) is 30.3 Å². The summed E-state index contributed by atoms with van der Waals surface area (Å²) in [5.41, 5.74) is 1.88. The topological polar surface area (TPSA) is 72.3 Å². The molecule has 142 valence electrons. The zero-order valence-electron chi connectivity index (χ0n) is 15.1. The lowest BCUT2D eigenvalue weighted by atomic mass is 10.2. The average Bonchev–Trinajstić information content (AvgIpc) is 3.13. The first-order chi connectivity index (χ1) is 13.6. The molecule has 1 N–H and O–H groups in total. The maximum absolute atomic E-state index is 12.4. The Morgan fingerprint density at radius 2 is 2.00 bits per heavy atom. The van der Waals surface area contributed by atoms with Gasteiger partial charge in [0.05, 0.1) is 28.0 Å². The van der Waals surface area contributed by atoms with E-state index in [1.807, 2.05) is 18.2 Å². The third-order valence-corrected chi connectivity index (χ3v) is 6.00. The van der Waals surface area contributed by atoms with Crippen LogP contribution in [0.15, 0.2) is 42.5 Å². The number of hydrogen-bond acceptors (Lipinski definition) is 6. The molecule has 1 aliphatic heterocycles. The van der Waals surface area contributed by atoms with Crippen LogP contribution >= 0.6 is 22.9 Å². The maximum atomic E-state index is 12.4. The van der Waals surface area contributed by atoms with Gasteiger partial charge in [-0.3, -0.25) is 9.69 Å². The van der Waals surface area contributed by atoms with Crippen LogP contribution in [0.4, 0.5) is 10.8 Å². The van der Waals surface area contributed by atoms with E-state index in [1.165, 1.54) is 4.70 Å². The van der Waals surface area contributed by atoms with Gasteiger partial charge in [0, 0.05) is 31.2 Å². The Kier molecular flexibility index (Phi) is 5.44. The highest BCUT2D eigenvalue weighted by molar-refractivity contribution is 7.22. The molecule has 0 bridgehead atoms. The third kappa shape index (κ3) is 4.09. The fraction of sp³-hybridized carbons (Fsp3) is 0.250. The molecule has 0 aliphatic carbocycles. The number of amides is 1. The Morgan fingerprint density at radius 1 is 1.21 bits per heavy atom. The number of anilines is 2. The summed E-state index contributed by atoms with van der Waals surface area (Å²) in [6, 6.07) is 15.1. The minimum Gasteiger partial charge on any atom is -0.345 e. The van der Waals surface area contributed by atoms with Crippen molar-refractivity contribution >= 4 is 49.9 Å². The first-order valence-corrected chi connectivity index (χ1v) is 10.1. The van der Waals surface area contributed by atoms with Crippen molar-refractivity contribution in [1.82, 2.24) is 9.88 Å². The van der Waals surface area contributed by atoms with E-state index < -0.39 is 0 Å². The molecule has 1 aliphatic rings. The molecule has 1 fully saturated rings. The summed E-state index contributed by atoms with van der Waals surface area (Å²) in [4.78, 5) is 21.5. The van der Waals surface area contributed by atoms with Gasteiger partial charge in [-0.1, -0.05) is 35.1 Å². The molecule has 1 amide bonds. The number of aromatic nitrogens is 1. The third-order valence-electron chi connectivity index (χ3n) is 4.67. The van der Waals surface area contributed by atoms with Crippen LogP contribution in [0, 0.1) is 11.3 Å². The summed E-state index contributed by atoms with van der Waals surface area (Å²) < 4.78 is 1.19. The van der Waals surface area contributed by atoms with Crippen molar-refractivity contribution in [2.24, 2.45) is 0 Å². The number of hydrogen-bond donors (Lipinski definition) is 1. The molecule has 0 unspecified atom stereocenters. The summed E-state index contributed by atoms with van der Waals surface area (Å²) in [7, 11) is 0. The summed E-state index contributed by atoms with van der Waals surface area (Å²) >= 11 is 7.67. The minimum absolute atomic E-state index is 0.146. The fourth-order valence-electron chi connectivity index (χ4n) is 3.20. The van der Waals surface area contributed by atoms with Gasteiger partial charge < -0.3 is 10.2 Å². The number of rotatable bonds is 4. The van der Waals surface area contributed by atoms with E-state index in [9.17, 15) is 4.79 Å². The molecular weight excluding hydrogens is 394 g/mol. The van der Waals surface area contributed by atoms with Crippen LogP contribution in [0.1, 0.15) is 5.56 Å². The molecule has 0 radical (unpaired) electrons. The molecule has 2 aromatic carbocycles. The van der Waals surface area contributed by atoms with E-state index in [2.05, 4.69) is 27.3 Å². The number of fused-ring (bicyclic) bond motifs is 1. The predicted octanol–water partition coefficient (Wildman–Crippen LogP) is 3.58. The van der Waals surface area contributed by atoms with Gasteiger partial charge in [0.15, 0.2) is 5.13 Å². The normalized spacial score (nSPS) is 14.8. The molecule has 1 aromatic heterocycles. The molecule has 0 atom stereocenters. The van der Waals surface area contributed by atoms with Crippen molar-refractivity contribution in [1.29, 1.82) is 5.26 Å². The van der Waals surface area contributed by atoms with Gasteiger partial charge in [0.1, 0.15) is 6.07 Å². The van der Waals surface area contributed by atoms with Crippen LogP contribution in [0.5, 0.6) is 0 Å². The van der Waals surface area contributed by atoms with Gasteiger partial charge in [0.25, 0.3) is 0 Å². The van der Waals surface area contributed by atoms with Crippen molar-refractivity contribution in [3.05, 3.63) is 53.1 Å². The Hall–Kier alpha value is -2.66. The number of benzene rings is 2. The van der Waals surface area contributed by atoms with E-state index in [0.29, 0.717) is 16.3 Å². The summed E-state index contributed by atoms with van der Waals surface area (Å²) in [5, 5.41) is 13.5. The number of para-hydroxylation sites is 1. The van der Waals surface area contributed by atoms with E-state index in [4.69, 9.17) is 21.8 Å². The summed E-state index contributed by atoms with van der Waals surface area (Å²) in [6.07, 6.45) is 0. The fourth-order valence-corrected chi connectivity index (χ4v) is 4.39. The molecule has 0 saturated carbocycles. The van der Waals surface area contributed by atoms with Crippen LogP contribution in [-0.2, 0) is 4.79 Å². The first-order valence-electron chi connectivity index (χ1n) is 8.95. The number of nitriles is 1. The quantitative estimate of drug-likeness (QED) is 0.710. The van der Waals surface area contributed by atoms with E-state index in [-0.39, 0.29) is 12.5 Å². The molecular formula is C20H18ClN5OS. The predicted molar refractivity (Wildman–Crippen MR) is 113 cm³/mol. The Labute approximate surface area is 172 Å². The van der Waals surface area contributed by atoms with Gasteiger partial charge in [0.2, 0.25) is 5.91 Å².